The highest BCUT2D eigenvalue weighted by Gasteiger charge is 2.37. The van der Waals surface area contributed by atoms with Crippen molar-refractivity contribution in [2.24, 2.45) is 0 Å². The number of nitriles is 1. The molecule has 0 bridgehead atoms. The second-order valence-corrected chi connectivity index (χ2v) is 8.06. The lowest BCUT2D eigenvalue weighted by Gasteiger charge is -2.28. The lowest BCUT2D eigenvalue weighted by atomic mass is 9.76. The third-order valence-corrected chi connectivity index (χ3v) is 4.35. The van der Waals surface area contributed by atoms with Crippen molar-refractivity contribution < 1.29 is 14.3 Å². The van der Waals surface area contributed by atoms with Gasteiger partial charge in [-0.25, -0.2) is 9.78 Å². The molecule has 142 valence electrons. The molecule has 0 spiro atoms. The summed E-state index contributed by atoms with van der Waals surface area (Å²) in [5.74, 6) is 0.528. The molecular weight excluding hydrogens is 330 g/mol. The molecule has 0 N–H and O–H groups in total. The number of pyridine rings is 1. The maximum absolute atomic E-state index is 12.4. The van der Waals surface area contributed by atoms with Crippen LogP contribution in [0.2, 0.25) is 0 Å². The van der Waals surface area contributed by atoms with Crippen molar-refractivity contribution in [1.29, 1.82) is 5.26 Å². The van der Waals surface area contributed by atoms with E-state index in [1.807, 2.05) is 46.8 Å². The van der Waals surface area contributed by atoms with Gasteiger partial charge in [0.15, 0.2) is 0 Å². The SMILES string of the molecule is CC(C)Oc1cc(C2(C#N)CCCN(C(=O)OC(C)(C)C)CC2)ccn1. The number of carbonyl (C=O) groups excluding carboxylic acids is 1. The minimum atomic E-state index is -0.644. The molecule has 1 aromatic rings. The standard InChI is InChI=1S/C20H29N3O3/c1-15(2)25-17-13-16(7-10-22-17)20(14-21)8-6-11-23(12-9-20)18(24)26-19(3,4)5/h7,10,13,15H,6,8-9,11-12H2,1-5H3. The number of ether oxygens (including phenoxy) is 2. The monoisotopic (exact) mass is 359 g/mol. The van der Waals surface area contributed by atoms with Gasteiger partial charge in [0.1, 0.15) is 5.60 Å². The van der Waals surface area contributed by atoms with Crippen molar-refractivity contribution in [3.05, 3.63) is 23.9 Å². The summed E-state index contributed by atoms with van der Waals surface area (Å²) in [6, 6.07) is 6.23. The molecule has 1 saturated heterocycles. The van der Waals surface area contributed by atoms with E-state index in [9.17, 15) is 10.1 Å². The van der Waals surface area contributed by atoms with Crippen molar-refractivity contribution in [3.8, 4) is 11.9 Å². The minimum absolute atomic E-state index is 0.0209. The zero-order valence-electron chi connectivity index (χ0n) is 16.4. The Balaban J connectivity index is 2.18. The van der Waals surface area contributed by atoms with E-state index in [0.717, 1.165) is 12.0 Å². The van der Waals surface area contributed by atoms with E-state index < -0.39 is 11.0 Å². The van der Waals surface area contributed by atoms with Gasteiger partial charge in [-0.2, -0.15) is 5.26 Å². The number of hydrogen-bond donors (Lipinski definition) is 0. The summed E-state index contributed by atoms with van der Waals surface area (Å²) in [5.41, 5.74) is -0.268. The van der Waals surface area contributed by atoms with Gasteiger partial charge in [0.2, 0.25) is 5.88 Å². The maximum Gasteiger partial charge on any atom is 0.410 e. The van der Waals surface area contributed by atoms with Crippen molar-refractivity contribution in [1.82, 2.24) is 9.88 Å². The Morgan fingerprint density at radius 2 is 2.08 bits per heavy atom. The largest absolute Gasteiger partial charge is 0.475 e. The Bertz CT molecular complexity index is 676. The summed E-state index contributed by atoms with van der Waals surface area (Å²) < 4.78 is 11.2. The summed E-state index contributed by atoms with van der Waals surface area (Å²) in [4.78, 5) is 18.3. The van der Waals surface area contributed by atoms with Gasteiger partial charge in [0.05, 0.1) is 17.6 Å². The first kappa shape index (κ1) is 20.0. The first-order chi connectivity index (χ1) is 12.1. The van der Waals surface area contributed by atoms with Gasteiger partial charge in [-0.15, -0.1) is 0 Å². The Labute approximate surface area is 156 Å². The first-order valence-corrected chi connectivity index (χ1v) is 9.17. The van der Waals surface area contributed by atoms with E-state index in [0.29, 0.717) is 31.8 Å². The van der Waals surface area contributed by atoms with Crippen molar-refractivity contribution >= 4 is 6.09 Å². The van der Waals surface area contributed by atoms with E-state index in [4.69, 9.17) is 9.47 Å². The summed E-state index contributed by atoms with van der Waals surface area (Å²) in [7, 11) is 0. The third kappa shape index (κ3) is 5.10. The molecule has 1 atom stereocenters. The topological polar surface area (TPSA) is 75.5 Å². The van der Waals surface area contributed by atoms with Crippen LogP contribution in [0.3, 0.4) is 0 Å². The van der Waals surface area contributed by atoms with E-state index in [2.05, 4.69) is 11.1 Å². The smallest absolute Gasteiger partial charge is 0.410 e. The highest BCUT2D eigenvalue weighted by molar-refractivity contribution is 5.68. The molecule has 2 heterocycles. The summed E-state index contributed by atoms with van der Waals surface area (Å²) >= 11 is 0. The van der Waals surface area contributed by atoms with Gasteiger partial charge in [-0.05, 0) is 65.5 Å². The fourth-order valence-electron chi connectivity index (χ4n) is 3.12. The molecule has 0 radical (unpaired) electrons. The molecule has 1 aromatic heterocycles. The molecule has 6 nitrogen and oxygen atoms in total. The van der Waals surface area contributed by atoms with E-state index in [-0.39, 0.29) is 12.2 Å². The van der Waals surface area contributed by atoms with Gasteiger partial charge in [0.25, 0.3) is 0 Å². The Hall–Kier alpha value is -2.29. The molecule has 6 heteroatoms. The number of likely N-dealkylation sites (tertiary alicyclic amines) is 1. The molecule has 1 unspecified atom stereocenters. The number of amides is 1. The number of aromatic nitrogens is 1. The second-order valence-electron chi connectivity index (χ2n) is 8.06. The molecule has 26 heavy (non-hydrogen) atoms. The minimum Gasteiger partial charge on any atom is -0.475 e. The third-order valence-electron chi connectivity index (χ3n) is 4.35. The molecule has 1 aliphatic rings. The van der Waals surface area contributed by atoms with Crippen LogP contribution in [0.15, 0.2) is 18.3 Å². The molecule has 1 fully saturated rings. The first-order valence-electron chi connectivity index (χ1n) is 9.17. The predicted octanol–water partition coefficient (Wildman–Crippen LogP) is 4.05. The zero-order valence-corrected chi connectivity index (χ0v) is 16.4. The fraction of sp³-hybridized carbons (Fsp3) is 0.650. The summed E-state index contributed by atoms with van der Waals surface area (Å²) in [6.45, 7) is 10.5. The van der Waals surface area contributed by atoms with Gasteiger partial charge >= 0.3 is 6.09 Å². The average molecular weight is 359 g/mol. The van der Waals surface area contributed by atoms with Crippen LogP contribution in [0.25, 0.3) is 0 Å². The van der Waals surface area contributed by atoms with Crippen LogP contribution in [0.5, 0.6) is 5.88 Å². The van der Waals surface area contributed by atoms with Crippen LogP contribution in [-0.4, -0.2) is 40.8 Å². The van der Waals surface area contributed by atoms with Crippen molar-refractivity contribution in [2.45, 2.75) is 71.0 Å². The molecule has 0 saturated carbocycles. The number of carbonyl (C=O) groups is 1. The van der Waals surface area contributed by atoms with E-state index in [1.165, 1.54) is 0 Å². The Morgan fingerprint density at radius 3 is 2.69 bits per heavy atom. The lowest BCUT2D eigenvalue weighted by molar-refractivity contribution is 0.0255. The molecular formula is C20H29N3O3. The fourth-order valence-corrected chi connectivity index (χ4v) is 3.12. The van der Waals surface area contributed by atoms with Crippen LogP contribution >= 0.6 is 0 Å². The summed E-state index contributed by atoms with van der Waals surface area (Å²) in [5, 5.41) is 9.96. The van der Waals surface area contributed by atoms with Crippen LogP contribution in [-0.2, 0) is 10.2 Å². The molecule has 1 aliphatic heterocycles. The van der Waals surface area contributed by atoms with Crippen LogP contribution in [0, 0.1) is 11.3 Å². The van der Waals surface area contributed by atoms with Gasteiger partial charge in [0, 0.05) is 25.4 Å². The Morgan fingerprint density at radius 1 is 1.35 bits per heavy atom. The Kier molecular flexibility index (Phi) is 6.12. The van der Waals surface area contributed by atoms with E-state index in [1.54, 1.807) is 11.1 Å². The van der Waals surface area contributed by atoms with Crippen molar-refractivity contribution in [3.63, 3.8) is 0 Å². The van der Waals surface area contributed by atoms with Gasteiger partial charge < -0.3 is 14.4 Å². The maximum atomic E-state index is 12.4. The lowest BCUT2D eigenvalue weighted by Crippen LogP contribution is -2.38. The summed E-state index contributed by atoms with van der Waals surface area (Å²) in [6.07, 6.45) is 3.39. The van der Waals surface area contributed by atoms with E-state index >= 15 is 0 Å². The van der Waals surface area contributed by atoms with Crippen LogP contribution in [0.4, 0.5) is 4.79 Å². The average Bonchev–Trinajstić information content (AvgIpc) is 2.76. The second kappa shape index (κ2) is 7.94. The number of hydrogen-bond acceptors (Lipinski definition) is 5. The molecule has 0 aliphatic carbocycles. The number of nitrogens with zero attached hydrogens (tertiary/aromatic N) is 3. The van der Waals surface area contributed by atoms with Gasteiger partial charge in [-0.1, -0.05) is 0 Å². The van der Waals surface area contributed by atoms with Crippen LogP contribution in [0.1, 0.15) is 59.4 Å². The molecule has 0 aromatic carbocycles. The quantitative estimate of drug-likeness (QED) is 0.814. The highest BCUT2D eigenvalue weighted by Crippen LogP contribution is 2.36. The van der Waals surface area contributed by atoms with Crippen molar-refractivity contribution in [2.75, 3.05) is 13.1 Å². The molecule has 1 amide bonds. The normalized spacial score (nSPS) is 21.0. The van der Waals surface area contributed by atoms with Crippen LogP contribution < -0.4 is 4.74 Å². The predicted molar refractivity (Wildman–Crippen MR) is 99.0 cm³/mol. The number of rotatable bonds is 3. The highest BCUT2D eigenvalue weighted by atomic mass is 16.6. The molecule has 2 rings (SSSR count). The zero-order chi connectivity index (χ0) is 19.4. The van der Waals surface area contributed by atoms with Gasteiger partial charge in [-0.3, -0.25) is 0 Å².